The molecule has 0 atom stereocenters. The fourth-order valence-corrected chi connectivity index (χ4v) is 1.29. The first-order valence-corrected chi connectivity index (χ1v) is 4.85. The second kappa shape index (κ2) is 5.20. The van der Waals surface area contributed by atoms with Gasteiger partial charge in [0.1, 0.15) is 0 Å². The maximum Gasteiger partial charge on any atom is 0.154 e. The largest absolute Gasteiger partial charge is 0.398 e. The van der Waals surface area contributed by atoms with Gasteiger partial charge in [0.05, 0.1) is 0 Å². The van der Waals surface area contributed by atoms with Crippen LogP contribution in [0.2, 0.25) is 0 Å². The minimum atomic E-state index is 0.0426. The summed E-state index contributed by atoms with van der Waals surface area (Å²) < 4.78 is 0. The fraction of sp³-hybridized carbons (Fsp3) is 0.250. The number of carbonyl (C=O) groups is 1. The Labute approximate surface area is 90.0 Å². The van der Waals surface area contributed by atoms with Crippen LogP contribution in [0, 0.1) is 0 Å². The van der Waals surface area contributed by atoms with Crippen molar-refractivity contribution in [3.8, 4) is 0 Å². The van der Waals surface area contributed by atoms with E-state index in [-0.39, 0.29) is 5.78 Å². The highest BCUT2D eigenvalue weighted by atomic mass is 16.1. The van der Waals surface area contributed by atoms with Crippen LogP contribution in [0.15, 0.2) is 36.0 Å². The number of nitrogens with two attached hydrogens (primary N) is 1. The summed E-state index contributed by atoms with van der Waals surface area (Å²) >= 11 is 0. The molecule has 3 nitrogen and oxygen atoms in total. The lowest BCUT2D eigenvalue weighted by molar-refractivity contribution is -0.112. The molecule has 0 heterocycles. The van der Waals surface area contributed by atoms with Crippen LogP contribution in [0.5, 0.6) is 0 Å². The molecule has 0 saturated carbocycles. The molecule has 1 rings (SSSR count). The highest BCUT2D eigenvalue weighted by molar-refractivity contribution is 5.87. The summed E-state index contributed by atoms with van der Waals surface area (Å²) in [5.74, 6) is 0.0426. The van der Waals surface area contributed by atoms with Crippen molar-refractivity contribution in [1.29, 1.82) is 0 Å². The third-order valence-corrected chi connectivity index (χ3v) is 2.03. The smallest absolute Gasteiger partial charge is 0.154 e. The lowest BCUT2D eigenvalue weighted by Crippen LogP contribution is -2.12. The Hall–Kier alpha value is -1.77. The number of nitrogen functional groups attached to an aromatic ring is 1. The van der Waals surface area contributed by atoms with Crippen molar-refractivity contribution in [1.82, 2.24) is 5.32 Å². The van der Waals surface area contributed by atoms with Gasteiger partial charge < -0.3 is 11.1 Å². The van der Waals surface area contributed by atoms with E-state index in [0.29, 0.717) is 6.54 Å². The second-order valence-electron chi connectivity index (χ2n) is 3.49. The molecule has 3 N–H and O–H groups in total. The van der Waals surface area contributed by atoms with Gasteiger partial charge in [0.15, 0.2) is 5.78 Å². The van der Waals surface area contributed by atoms with E-state index in [0.717, 1.165) is 16.9 Å². The maximum atomic E-state index is 10.8. The Morgan fingerprint density at radius 2 is 2.07 bits per heavy atom. The molecule has 0 fully saturated rings. The fourth-order valence-electron chi connectivity index (χ4n) is 1.29. The van der Waals surface area contributed by atoms with Crippen LogP contribution in [-0.4, -0.2) is 5.78 Å². The van der Waals surface area contributed by atoms with Gasteiger partial charge in [0.25, 0.3) is 0 Å². The summed E-state index contributed by atoms with van der Waals surface area (Å²) in [5, 5.41) is 3.13. The Balaban J connectivity index is 2.58. The normalized spacial score (nSPS) is 11.2. The number of rotatable bonds is 4. The number of allylic oxidation sites excluding steroid dienone is 2. The van der Waals surface area contributed by atoms with Crippen LogP contribution in [0.3, 0.4) is 0 Å². The zero-order valence-electron chi connectivity index (χ0n) is 9.08. The monoisotopic (exact) mass is 204 g/mol. The van der Waals surface area contributed by atoms with E-state index >= 15 is 0 Å². The van der Waals surface area contributed by atoms with Gasteiger partial charge in [-0.2, -0.15) is 0 Å². The van der Waals surface area contributed by atoms with Gasteiger partial charge in [-0.3, -0.25) is 4.79 Å². The molecule has 0 aliphatic heterocycles. The number of hydrogen-bond donors (Lipinski definition) is 2. The van der Waals surface area contributed by atoms with Crippen molar-refractivity contribution in [3.63, 3.8) is 0 Å². The van der Waals surface area contributed by atoms with Crippen LogP contribution in [0.25, 0.3) is 0 Å². The average molecular weight is 204 g/mol. The van der Waals surface area contributed by atoms with Crippen molar-refractivity contribution < 1.29 is 4.79 Å². The standard InChI is InChI=1S/C12H16N2O/c1-9(7-10(2)15)14-8-11-5-3-4-6-12(11)13/h3-7,14H,8,13H2,1-2H3/b9-7-. The molecule has 0 aromatic heterocycles. The summed E-state index contributed by atoms with van der Waals surface area (Å²) in [5.41, 5.74) is 8.43. The molecule has 0 unspecified atom stereocenters. The molecule has 0 radical (unpaired) electrons. The molecule has 3 heteroatoms. The lowest BCUT2D eigenvalue weighted by Gasteiger charge is -2.08. The van der Waals surface area contributed by atoms with Gasteiger partial charge in [-0.1, -0.05) is 18.2 Å². The lowest BCUT2D eigenvalue weighted by atomic mass is 10.2. The molecule has 15 heavy (non-hydrogen) atoms. The number of hydrogen-bond acceptors (Lipinski definition) is 3. The summed E-state index contributed by atoms with van der Waals surface area (Å²) in [4.78, 5) is 10.8. The number of ketones is 1. The third kappa shape index (κ3) is 3.85. The molecule has 1 aromatic rings. The number of carbonyl (C=O) groups excluding carboxylic acids is 1. The van der Waals surface area contributed by atoms with E-state index < -0.39 is 0 Å². The highest BCUT2D eigenvalue weighted by Gasteiger charge is 1.97. The summed E-state index contributed by atoms with van der Waals surface area (Å²) in [7, 11) is 0. The minimum absolute atomic E-state index is 0.0426. The van der Waals surface area contributed by atoms with Crippen molar-refractivity contribution in [2.75, 3.05) is 5.73 Å². The predicted molar refractivity (Wildman–Crippen MR) is 62.1 cm³/mol. The zero-order chi connectivity index (χ0) is 11.3. The minimum Gasteiger partial charge on any atom is -0.398 e. The van der Waals surface area contributed by atoms with Crippen LogP contribution < -0.4 is 11.1 Å². The molecule has 0 aliphatic carbocycles. The van der Waals surface area contributed by atoms with E-state index in [4.69, 9.17) is 5.73 Å². The van der Waals surface area contributed by atoms with Gasteiger partial charge in [-0.25, -0.2) is 0 Å². The first-order valence-electron chi connectivity index (χ1n) is 4.85. The Kier molecular flexibility index (Phi) is 3.92. The Morgan fingerprint density at radius 3 is 2.67 bits per heavy atom. The molecule has 0 saturated heterocycles. The van der Waals surface area contributed by atoms with Gasteiger partial charge >= 0.3 is 0 Å². The summed E-state index contributed by atoms with van der Waals surface area (Å²) in [6, 6.07) is 7.67. The van der Waals surface area contributed by atoms with Crippen LogP contribution in [-0.2, 0) is 11.3 Å². The first kappa shape index (κ1) is 11.3. The van der Waals surface area contributed by atoms with Crippen molar-refractivity contribution in [2.45, 2.75) is 20.4 Å². The second-order valence-corrected chi connectivity index (χ2v) is 3.49. The molecule has 0 bridgehead atoms. The van der Waals surface area contributed by atoms with Crippen molar-refractivity contribution in [2.24, 2.45) is 0 Å². The zero-order valence-corrected chi connectivity index (χ0v) is 9.08. The maximum absolute atomic E-state index is 10.8. The van der Waals surface area contributed by atoms with Crippen LogP contribution >= 0.6 is 0 Å². The quantitative estimate of drug-likeness (QED) is 0.581. The third-order valence-electron chi connectivity index (χ3n) is 2.03. The van der Waals surface area contributed by atoms with E-state index in [9.17, 15) is 4.79 Å². The predicted octanol–water partition coefficient (Wildman–Crippen LogP) is 1.85. The van der Waals surface area contributed by atoms with Gasteiger partial charge in [0, 0.05) is 17.9 Å². The number of benzene rings is 1. The number of anilines is 1. The Morgan fingerprint density at radius 1 is 1.40 bits per heavy atom. The number of nitrogens with one attached hydrogen (secondary N) is 1. The average Bonchev–Trinajstić information content (AvgIpc) is 2.15. The SMILES string of the molecule is CC(=O)/C=C(/C)NCc1ccccc1N. The van der Waals surface area contributed by atoms with Gasteiger partial charge in [-0.15, -0.1) is 0 Å². The van der Waals surface area contributed by atoms with Crippen LogP contribution in [0.4, 0.5) is 5.69 Å². The highest BCUT2D eigenvalue weighted by Crippen LogP contribution is 2.10. The van der Waals surface area contributed by atoms with E-state index in [2.05, 4.69) is 5.32 Å². The topological polar surface area (TPSA) is 55.1 Å². The van der Waals surface area contributed by atoms with Gasteiger partial charge in [0.2, 0.25) is 0 Å². The van der Waals surface area contributed by atoms with Gasteiger partial charge in [-0.05, 0) is 31.6 Å². The molecule has 0 amide bonds. The van der Waals surface area contributed by atoms with E-state index in [1.54, 1.807) is 6.08 Å². The Bertz CT molecular complexity index is 383. The molecular weight excluding hydrogens is 188 g/mol. The molecule has 80 valence electrons. The first-order chi connectivity index (χ1) is 7.09. The molecular formula is C12H16N2O. The number of para-hydroxylation sites is 1. The summed E-state index contributed by atoms with van der Waals surface area (Å²) in [6.07, 6.45) is 1.57. The van der Waals surface area contributed by atoms with E-state index in [1.165, 1.54) is 6.92 Å². The molecule has 0 aliphatic rings. The van der Waals surface area contributed by atoms with Crippen molar-refractivity contribution >= 4 is 11.5 Å². The summed E-state index contributed by atoms with van der Waals surface area (Å²) in [6.45, 7) is 4.03. The van der Waals surface area contributed by atoms with Crippen molar-refractivity contribution in [3.05, 3.63) is 41.6 Å². The molecule has 0 spiro atoms. The van der Waals surface area contributed by atoms with Crippen LogP contribution in [0.1, 0.15) is 19.4 Å². The van der Waals surface area contributed by atoms with E-state index in [1.807, 2.05) is 31.2 Å². The molecule has 1 aromatic carbocycles.